The van der Waals surface area contributed by atoms with E-state index < -0.39 is 0 Å². The third-order valence-corrected chi connectivity index (χ3v) is 4.91. The summed E-state index contributed by atoms with van der Waals surface area (Å²) in [5.74, 6) is 0.946. The maximum atomic E-state index is 5.47. The molecule has 1 rings (SSSR count). The Morgan fingerprint density at radius 2 is 1.69 bits per heavy atom. The van der Waals surface area contributed by atoms with E-state index in [0.717, 1.165) is 51.9 Å². The van der Waals surface area contributed by atoms with Crippen LogP contribution in [0.25, 0.3) is 0 Å². The molecule has 0 bridgehead atoms. The van der Waals surface area contributed by atoms with Gasteiger partial charge < -0.3 is 20.3 Å². The van der Waals surface area contributed by atoms with E-state index in [9.17, 15) is 0 Å². The van der Waals surface area contributed by atoms with Crippen molar-refractivity contribution in [2.45, 2.75) is 58.4 Å². The molecule has 2 N–H and O–H groups in total. The van der Waals surface area contributed by atoms with Gasteiger partial charge in [-0.3, -0.25) is 9.89 Å². The average Bonchev–Trinajstić information content (AvgIpc) is 2.62. The molecule has 0 radical (unpaired) electrons. The molecule has 154 valence electrons. The standard InChI is InChI=1S/C20H43N5O/c1-6-21-19(22-12-10-8-7-9-11-13-24(4)5)23-18-20(2,3)25-14-16-26-17-15-25/h6-18H2,1-5H3,(H2,21,22,23). The Morgan fingerprint density at radius 3 is 2.35 bits per heavy atom. The van der Waals surface area contributed by atoms with Crippen molar-refractivity contribution in [3.8, 4) is 0 Å². The van der Waals surface area contributed by atoms with Crippen LogP contribution in [-0.2, 0) is 4.74 Å². The van der Waals surface area contributed by atoms with Crippen molar-refractivity contribution in [1.82, 2.24) is 20.4 Å². The van der Waals surface area contributed by atoms with Gasteiger partial charge in [-0.2, -0.15) is 0 Å². The van der Waals surface area contributed by atoms with Crippen LogP contribution in [0.15, 0.2) is 4.99 Å². The van der Waals surface area contributed by atoms with Crippen molar-refractivity contribution in [1.29, 1.82) is 0 Å². The molecule has 1 saturated heterocycles. The Kier molecular flexibility index (Phi) is 11.9. The van der Waals surface area contributed by atoms with Crippen LogP contribution in [-0.4, -0.2) is 87.9 Å². The minimum absolute atomic E-state index is 0.0680. The number of guanidine groups is 1. The van der Waals surface area contributed by atoms with Crippen LogP contribution in [0.5, 0.6) is 0 Å². The van der Waals surface area contributed by atoms with E-state index in [1.165, 1.54) is 38.6 Å². The van der Waals surface area contributed by atoms with Crippen LogP contribution in [0.1, 0.15) is 52.9 Å². The normalized spacial score (nSPS) is 16.9. The molecular formula is C20H43N5O. The molecule has 6 nitrogen and oxygen atoms in total. The van der Waals surface area contributed by atoms with Gasteiger partial charge in [0.15, 0.2) is 5.96 Å². The molecule has 0 amide bonds. The first-order chi connectivity index (χ1) is 12.5. The molecule has 1 aliphatic heterocycles. The molecular weight excluding hydrogens is 326 g/mol. The Hall–Kier alpha value is -0.850. The molecule has 1 aliphatic rings. The van der Waals surface area contributed by atoms with E-state index in [1.807, 2.05) is 0 Å². The highest BCUT2D eigenvalue weighted by Crippen LogP contribution is 2.16. The second-order valence-electron chi connectivity index (χ2n) is 8.10. The molecule has 0 atom stereocenters. The van der Waals surface area contributed by atoms with Crippen molar-refractivity contribution in [2.75, 3.05) is 66.6 Å². The zero-order chi connectivity index (χ0) is 19.3. The summed E-state index contributed by atoms with van der Waals surface area (Å²) < 4.78 is 5.47. The van der Waals surface area contributed by atoms with Crippen molar-refractivity contribution in [3.05, 3.63) is 0 Å². The molecule has 0 aromatic carbocycles. The summed E-state index contributed by atoms with van der Waals surface area (Å²) >= 11 is 0. The van der Waals surface area contributed by atoms with Gasteiger partial charge in [-0.15, -0.1) is 0 Å². The summed E-state index contributed by atoms with van der Waals surface area (Å²) in [7, 11) is 4.29. The summed E-state index contributed by atoms with van der Waals surface area (Å²) in [4.78, 5) is 9.58. The van der Waals surface area contributed by atoms with Gasteiger partial charge >= 0.3 is 0 Å². The quantitative estimate of drug-likeness (QED) is 0.314. The lowest BCUT2D eigenvalue weighted by Crippen LogP contribution is -2.52. The molecule has 0 aromatic rings. The van der Waals surface area contributed by atoms with Gasteiger partial charge in [0.05, 0.1) is 19.8 Å². The third kappa shape index (κ3) is 10.3. The van der Waals surface area contributed by atoms with Gasteiger partial charge in [-0.1, -0.05) is 19.3 Å². The van der Waals surface area contributed by atoms with E-state index >= 15 is 0 Å². The van der Waals surface area contributed by atoms with Crippen molar-refractivity contribution < 1.29 is 4.74 Å². The number of rotatable bonds is 12. The summed E-state index contributed by atoms with van der Waals surface area (Å²) in [5, 5.41) is 6.86. The fourth-order valence-electron chi connectivity index (χ4n) is 3.17. The Bertz CT molecular complexity index is 378. The van der Waals surface area contributed by atoms with Crippen molar-refractivity contribution >= 4 is 5.96 Å². The smallest absolute Gasteiger partial charge is 0.191 e. The first kappa shape index (κ1) is 23.2. The number of ether oxygens (including phenoxy) is 1. The number of hydrogen-bond acceptors (Lipinski definition) is 4. The lowest BCUT2D eigenvalue weighted by atomic mass is 10.0. The zero-order valence-corrected chi connectivity index (χ0v) is 17.9. The van der Waals surface area contributed by atoms with Gasteiger partial charge in [0.25, 0.3) is 0 Å². The zero-order valence-electron chi connectivity index (χ0n) is 17.9. The summed E-state index contributed by atoms with van der Waals surface area (Å²) in [5.41, 5.74) is 0.0680. The van der Waals surface area contributed by atoms with E-state index in [4.69, 9.17) is 9.73 Å². The Morgan fingerprint density at radius 1 is 1.04 bits per heavy atom. The number of hydrogen-bond donors (Lipinski definition) is 2. The molecule has 0 aliphatic carbocycles. The summed E-state index contributed by atoms with van der Waals surface area (Å²) in [6, 6.07) is 0. The molecule has 1 fully saturated rings. The van der Waals surface area contributed by atoms with Crippen LogP contribution in [0.2, 0.25) is 0 Å². The summed E-state index contributed by atoms with van der Waals surface area (Å²) in [6.45, 7) is 14.2. The first-order valence-electron chi connectivity index (χ1n) is 10.5. The van der Waals surface area contributed by atoms with Gasteiger partial charge in [0.1, 0.15) is 0 Å². The van der Waals surface area contributed by atoms with E-state index in [2.05, 4.69) is 55.3 Å². The van der Waals surface area contributed by atoms with Gasteiger partial charge in [-0.25, -0.2) is 0 Å². The SMILES string of the molecule is CCNC(=NCC(C)(C)N1CCOCC1)NCCCCCCCN(C)C. The fraction of sp³-hybridized carbons (Fsp3) is 0.950. The van der Waals surface area contributed by atoms with E-state index in [-0.39, 0.29) is 5.54 Å². The average molecular weight is 370 g/mol. The highest BCUT2D eigenvalue weighted by atomic mass is 16.5. The van der Waals surface area contributed by atoms with Crippen molar-refractivity contribution in [3.63, 3.8) is 0 Å². The fourth-order valence-corrected chi connectivity index (χ4v) is 3.17. The number of nitrogens with one attached hydrogen (secondary N) is 2. The number of unbranched alkanes of at least 4 members (excludes halogenated alkanes) is 4. The lowest BCUT2D eigenvalue weighted by molar-refractivity contribution is -0.00683. The topological polar surface area (TPSA) is 52.1 Å². The van der Waals surface area contributed by atoms with Crippen LogP contribution in [0.3, 0.4) is 0 Å². The number of morpholine rings is 1. The minimum Gasteiger partial charge on any atom is -0.379 e. The first-order valence-corrected chi connectivity index (χ1v) is 10.5. The second kappa shape index (κ2) is 13.3. The van der Waals surface area contributed by atoms with E-state index in [1.54, 1.807) is 0 Å². The Balaban J connectivity index is 2.25. The molecule has 0 saturated carbocycles. The second-order valence-corrected chi connectivity index (χ2v) is 8.10. The molecule has 0 spiro atoms. The predicted octanol–water partition coefficient (Wildman–Crippen LogP) is 2.16. The summed E-state index contributed by atoms with van der Waals surface area (Å²) in [6.07, 6.45) is 6.47. The van der Waals surface area contributed by atoms with Crippen molar-refractivity contribution in [2.24, 2.45) is 4.99 Å². The van der Waals surface area contributed by atoms with Gasteiger partial charge in [-0.05, 0) is 54.3 Å². The van der Waals surface area contributed by atoms with Gasteiger partial charge in [0.2, 0.25) is 0 Å². The Labute approximate surface area is 161 Å². The highest BCUT2D eigenvalue weighted by molar-refractivity contribution is 5.79. The third-order valence-electron chi connectivity index (χ3n) is 4.91. The molecule has 26 heavy (non-hydrogen) atoms. The van der Waals surface area contributed by atoms with Crippen LogP contribution >= 0.6 is 0 Å². The largest absolute Gasteiger partial charge is 0.379 e. The maximum absolute atomic E-state index is 5.47. The maximum Gasteiger partial charge on any atom is 0.191 e. The predicted molar refractivity (Wildman–Crippen MR) is 112 cm³/mol. The molecule has 6 heteroatoms. The van der Waals surface area contributed by atoms with E-state index in [0.29, 0.717) is 0 Å². The molecule has 0 aromatic heterocycles. The number of aliphatic imine (C=N–C) groups is 1. The van der Waals surface area contributed by atoms with Crippen LogP contribution in [0.4, 0.5) is 0 Å². The van der Waals surface area contributed by atoms with Crippen LogP contribution in [0, 0.1) is 0 Å². The monoisotopic (exact) mass is 369 g/mol. The number of nitrogens with zero attached hydrogens (tertiary/aromatic N) is 3. The molecule has 1 heterocycles. The minimum atomic E-state index is 0.0680. The highest BCUT2D eigenvalue weighted by Gasteiger charge is 2.27. The van der Waals surface area contributed by atoms with Crippen LogP contribution < -0.4 is 10.6 Å². The molecule has 0 unspecified atom stereocenters. The lowest BCUT2D eigenvalue weighted by Gasteiger charge is -2.39. The van der Waals surface area contributed by atoms with Gasteiger partial charge in [0, 0.05) is 31.7 Å².